The molecule has 5 nitrogen and oxygen atoms in total. The van der Waals surface area contributed by atoms with Crippen molar-refractivity contribution in [2.45, 2.75) is 45.2 Å². The Labute approximate surface area is 222 Å². The number of nitrogens with zero attached hydrogens (tertiary/aromatic N) is 4. The van der Waals surface area contributed by atoms with Crippen LogP contribution < -0.4 is 9.64 Å². The van der Waals surface area contributed by atoms with Crippen LogP contribution in [0.25, 0.3) is 10.9 Å². The Morgan fingerprint density at radius 2 is 1.83 bits per heavy atom. The van der Waals surface area contributed by atoms with Crippen LogP contribution in [0.3, 0.4) is 0 Å². The number of anilines is 1. The fourth-order valence-corrected chi connectivity index (χ4v) is 6.10. The van der Waals surface area contributed by atoms with E-state index in [0.717, 1.165) is 61.6 Å². The summed E-state index contributed by atoms with van der Waals surface area (Å²) in [5.74, 6) is 0.988. The Morgan fingerprint density at radius 3 is 2.64 bits per heavy atom. The van der Waals surface area contributed by atoms with E-state index in [1.165, 1.54) is 54.3 Å². The molecule has 0 spiro atoms. The number of hydrogen-bond acceptors (Lipinski definition) is 5. The van der Waals surface area contributed by atoms with Gasteiger partial charge in [-0.2, -0.15) is 0 Å². The van der Waals surface area contributed by atoms with Gasteiger partial charge in [0.05, 0.1) is 0 Å². The van der Waals surface area contributed by atoms with Crippen LogP contribution in [0, 0.1) is 0 Å². The van der Waals surface area contributed by atoms with Crippen molar-refractivity contribution in [3.05, 3.63) is 75.9 Å². The van der Waals surface area contributed by atoms with E-state index in [2.05, 4.69) is 79.2 Å². The highest BCUT2D eigenvalue weighted by Gasteiger charge is 2.24. The summed E-state index contributed by atoms with van der Waals surface area (Å²) in [7, 11) is 0. The van der Waals surface area contributed by atoms with Gasteiger partial charge in [-0.05, 0) is 74.1 Å². The highest BCUT2D eigenvalue weighted by molar-refractivity contribution is 9.10. The molecular formula is C30H35BrN4O. The molecule has 3 aliphatic rings. The Balaban J connectivity index is 1.15. The molecular weight excluding hydrogens is 512 g/mol. The number of aromatic nitrogens is 1. The number of pyridine rings is 1. The minimum Gasteiger partial charge on any atom is -0.475 e. The van der Waals surface area contributed by atoms with E-state index in [-0.39, 0.29) is 0 Å². The van der Waals surface area contributed by atoms with Crippen molar-refractivity contribution >= 4 is 32.5 Å². The van der Waals surface area contributed by atoms with Crippen molar-refractivity contribution < 1.29 is 4.74 Å². The van der Waals surface area contributed by atoms with Crippen LogP contribution in [-0.2, 0) is 13.1 Å². The summed E-state index contributed by atoms with van der Waals surface area (Å²) < 4.78 is 7.46. The van der Waals surface area contributed by atoms with Crippen LogP contribution in [0.2, 0.25) is 0 Å². The fraction of sp³-hybridized carbons (Fsp3) is 0.433. The number of hydrogen-bond donors (Lipinski definition) is 0. The minimum atomic E-state index is 0.656. The summed E-state index contributed by atoms with van der Waals surface area (Å²) in [6.45, 7) is 7.85. The second kappa shape index (κ2) is 10.9. The predicted molar refractivity (Wildman–Crippen MR) is 150 cm³/mol. The second-order valence-electron chi connectivity index (χ2n) is 10.3. The maximum Gasteiger partial charge on any atom is 0.152 e. The zero-order valence-corrected chi connectivity index (χ0v) is 22.5. The summed E-state index contributed by atoms with van der Waals surface area (Å²) in [5.41, 5.74) is 6.62. The molecule has 3 heterocycles. The quantitative estimate of drug-likeness (QED) is 0.335. The SMILES string of the molecule is Brc1ccc(N2CCN(Cc3cc4c(c5ncccc35)OCN(CCC3=CCCCC3)C4)CC2)cc1. The molecule has 36 heavy (non-hydrogen) atoms. The van der Waals surface area contributed by atoms with Crippen LogP contribution in [-0.4, -0.2) is 54.2 Å². The van der Waals surface area contributed by atoms with Gasteiger partial charge in [0, 0.05) is 73.1 Å². The van der Waals surface area contributed by atoms with Crippen LogP contribution >= 0.6 is 15.9 Å². The van der Waals surface area contributed by atoms with Gasteiger partial charge in [-0.1, -0.05) is 33.6 Å². The Kier molecular flexibility index (Phi) is 7.26. The molecule has 0 radical (unpaired) electrons. The summed E-state index contributed by atoms with van der Waals surface area (Å²) in [4.78, 5) is 12.3. The number of ether oxygens (including phenoxy) is 1. The van der Waals surface area contributed by atoms with Gasteiger partial charge in [-0.15, -0.1) is 0 Å². The second-order valence-corrected chi connectivity index (χ2v) is 11.3. The van der Waals surface area contributed by atoms with Gasteiger partial charge in [0.2, 0.25) is 0 Å². The van der Waals surface area contributed by atoms with Gasteiger partial charge in [0.1, 0.15) is 12.2 Å². The molecule has 2 aliphatic heterocycles. The van der Waals surface area contributed by atoms with E-state index in [9.17, 15) is 0 Å². The van der Waals surface area contributed by atoms with Gasteiger partial charge in [-0.25, -0.2) is 0 Å². The molecule has 2 aromatic carbocycles. The number of halogens is 1. The summed E-state index contributed by atoms with van der Waals surface area (Å²) in [5, 5.41) is 1.23. The van der Waals surface area contributed by atoms with E-state index in [1.807, 2.05) is 6.20 Å². The third kappa shape index (κ3) is 5.31. The molecule has 188 valence electrons. The van der Waals surface area contributed by atoms with Crippen LogP contribution in [0.15, 0.2) is 64.8 Å². The van der Waals surface area contributed by atoms with Crippen molar-refractivity contribution in [3.63, 3.8) is 0 Å². The van der Waals surface area contributed by atoms with Crippen molar-refractivity contribution in [1.29, 1.82) is 0 Å². The first-order valence-corrected chi connectivity index (χ1v) is 14.2. The van der Waals surface area contributed by atoms with E-state index >= 15 is 0 Å². The molecule has 3 aromatic rings. The average Bonchev–Trinajstić information content (AvgIpc) is 2.93. The molecule has 6 rings (SSSR count). The third-order valence-electron chi connectivity index (χ3n) is 7.89. The standard InChI is InChI=1S/C30H35BrN4O/c31-26-8-10-27(11-9-26)35-17-15-33(16-18-35)20-24-19-25-21-34(14-12-23-5-2-1-3-6-23)22-36-30(25)29-28(24)7-4-13-32-29/h4-5,7-11,13,19H,1-3,6,12,14-18,20-22H2. The van der Waals surface area contributed by atoms with Gasteiger partial charge in [0.15, 0.2) is 5.75 Å². The molecule has 1 fully saturated rings. The van der Waals surface area contributed by atoms with Crippen molar-refractivity contribution in [3.8, 4) is 5.75 Å². The number of allylic oxidation sites excluding steroid dienone is 1. The fourth-order valence-electron chi connectivity index (χ4n) is 5.84. The first-order chi connectivity index (χ1) is 17.7. The van der Waals surface area contributed by atoms with Crippen LogP contribution in [0.5, 0.6) is 5.75 Å². The maximum atomic E-state index is 6.33. The van der Waals surface area contributed by atoms with Gasteiger partial charge < -0.3 is 9.64 Å². The molecule has 1 saturated heterocycles. The molecule has 0 amide bonds. The Bertz CT molecular complexity index is 1230. The summed E-state index contributed by atoms with van der Waals surface area (Å²) in [6.07, 6.45) is 10.8. The van der Waals surface area contributed by atoms with E-state index in [0.29, 0.717) is 6.73 Å². The molecule has 0 atom stereocenters. The van der Waals surface area contributed by atoms with Crippen molar-refractivity contribution in [2.75, 3.05) is 44.4 Å². The molecule has 0 bridgehead atoms. The van der Waals surface area contributed by atoms with Gasteiger partial charge >= 0.3 is 0 Å². The Morgan fingerprint density at radius 1 is 0.972 bits per heavy atom. The molecule has 0 N–H and O–H groups in total. The lowest BCUT2D eigenvalue weighted by Gasteiger charge is -2.36. The zero-order valence-electron chi connectivity index (χ0n) is 21.0. The van der Waals surface area contributed by atoms with Gasteiger partial charge in [-0.3, -0.25) is 14.8 Å². The van der Waals surface area contributed by atoms with E-state index in [1.54, 1.807) is 5.57 Å². The largest absolute Gasteiger partial charge is 0.475 e. The molecule has 0 saturated carbocycles. The normalized spacial score (nSPS) is 19.1. The molecule has 0 unspecified atom stereocenters. The van der Waals surface area contributed by atoms with Crippen molar-refractivity contribution in [1.82, 2.24) is 14.8 Å². The van der Waals surface area contributed by atoms with E-state index in [4.69, 9.17) is 9.72 Å². The summed E-state index contributed by atoms with van der Waals surface area (Å²) >= 11 is 3.55. The van der Waals surface area contributed by atoms with Crippen LogP contribution in [0.1, 0.15) is 43.2 Å². The van der Waals surface area contributed by atoms with Crippen LogP contribution in [0.4, 0.5) is 5.69 Å². The lowest BCUT2D eigenvalue weighted by atomic mass is 9.97. The molecule has 6 heteroatoms. The molecule has 1 aliphatic carbocycles. The number of piperazine rings is 1. The van der Waals surface area contributed by atoms with Crippen molar-refractivity contribution in [2.24, 2.45) is 0 Å². The maximum absolute atomic E-state index is 6.33. The monoisotopic (exact) mass is 546 g/mol. The predicted octanol–water partition coefficient (Wildman–Crippen LogP) is 6.36. The highest BCUT2D eigenvalue weighted by atomic mass is 79.9. The first kappa shape index (κ1) is 24.0. The lowest BCUT2D eigenvalue weighted by molar-refractivity contribution is 0.0976. The summed E-state index contributed by atoms with van der Waals surface area (Å²) in [6, 6.07) is 15.3. The topological polar surface area (TPSA) is 31.8 Å². The molecule has 1 aromatic heterocycles. The number of benzene rings is 2. The number of fused-ring (bicyclic) bond motifs is 3. The smallest absolute Gasteiger partial charge is 0.152 e. The lowest BCUT2D eigenvalue weighted by Crippen LogP contribution is -2.46. The Hall–Kier alpha value is -2.41. The minimum absolute atomic E-state index is 0.656. The number of rotatable bonds is 6. The first-order valence-electron chi connectivity index (χ1n) is 13.4. The van der Waals surface area contributed by atoms with Gasteiger partial charge in [0.25, 0.3) is 0 Å². The average molecular weight is 548 g/mol. The zero-order chi connectivity index (χ0) is 24.3. The highest BCUT2D eigenvalue weighted by Crippen LogP contribution is 2.35. The van der Waals surface area contributed by atoms with E-state index < -0.39 is 0 Å². The third-order valence-corrected chi connectivity index (χ3v) is 8.42.